The highest BCUT2D eigenvalue weighted by Crippen LogP contribution is 2.22. The van der Waals surface area contributed by atoms with E-state index in [1.165, 1.54) is 0 Å². The second-order valence-electron chi connectivity index (χ2n) is 6.65. The van der Waals surface area contributed by atoms with E-state index in [0.717, 1.165) is 11.8 Å². The first kappa shape index (κ1) is 26.5. The van der Waals surface area contributed by atoms with Gasteiger partial charge in [-0.2, -0.15) is 0 Å². The molecule has 0 aliphatic carbocycles. The third-order valence-corrected chi connectivity index (χ3v) is 5.00. The van der Waals surface area contributed by atoms with Crippen molar-refractivity contribution in [2.75, 3.05) is 13.2 Å². The summed E-state index contributed by atoms with van der Waals surface area (Å²) >= 11 is 12.0. The van der Waals surface area contributed by atoms with Crippen molar-refractivity contribution in [3.63, 3.8) is 0 Å². The number of carbonyl (C=O) groups is 2. The summed E-state index contributed by atoms with van der Waals surface area (Å²) in [7, 11) is 0. The third kappa shape index (κ3) is 9.89. The van der Waals surface area contributed by atoms with E-state index in [0.29, 0.717) is 66.1 Å². The van der Waals surface area contributed by atoms with Gasteiger partial charge >= 0.3 is 5.97 Å². The standard InChI is InChI=1S/C22H30Cl2N4O3/c1-4-19(27-14-16-9-10-17(23)18(24)12-16)28-22(30)21(15(3)13-25)26-11-7-6-8-20(29)31-5-2/h4,9-10,12-13,25-27H,5-8,11,14H2,1-3H3,(H,28,30)/b19-4?,21-15-,25-13?. The Labute approximate surface area is 193 Å². The van der Waals surface area contributed by atoms with Crippen molar-refractivity contribution in [2.24, 2.45) is 0 Å². The van der Waals surface area contributed by atoms with Gasteiger partial charge in [0.05, 0.1) is 16.7 Å². The molecule has 4 N–H and O–H groups in total. The Morgan fingerprint density at radius 2 is 1.90 bits per heavy atom. The minimum Gasteiger partial charge on any atom is -0.466 e. The van der Waals surface area contributed by atoms with E-state index in [4.69, 9.17) is 33.3 Å². The van der Waals surface area contributed by atoms with Crippen LogP contribution in [0.1, 0.15) is 45.6 Å². The van der Waals surface area contributed by atoms with Crippen LogP contribution in [-0.2, 0) is 20.9 Å². The molecule has 1 rings (SSSR count). The van der Waals surface area contributed by atoms with Gasteiger partial charge in [0.25, 0.3) is 5.91 Å². The van der Waals surface area contributed by atoms with Crippen LogP contribution < -0.4 is 16.0 Å². The molecule has 31 heavy (non-hydrogen) atoms. The Kier molecular flexibility index (Phi) is 12.4. The molecule has 1 aromatic rings. The number of hydrogen-bond donors (Lipinski definition) is 4. The number of benzene rings is 1. The highest BCUT2D eigenvalue weighted by atomic mass is 35.5. The van der Waals surface area contributed by atoms with E-state index in [9.17, 15) is 9.59 Å². The van der Waals surface area contributed by atoms with Crippen LogP contribution in [0, 0.1) is 5.41 Å². The molecule has 0 atom stereocenters. The quantitative estimate of drug-likeness (QED) is 0.149. The number of halogens is 2. The van der Waals surface area contributed by atoms with Crippen LogP contribution in [-0.4, -0.2) is 31.2 Å². The lowest BCUT2D eigenvalue weighted by Gasteiger charge is -2.16. The van der Waals surface area contributed by atoms with Gasteiger partial charge in [0.2, 0.25) is 0 Å². The highest BCUT2D eigenvalue weighted by molar-refractivity contribution is 6.42. The molecule has 0 saturated heterocycles. The topological polar surface area (TPSA) is 103 Å². The molecule has 0 saturated carbocycles. The zero-order valence-corrected chi connectivity index (χ0v) is 19.6. The molecular weight excluding hydrogens is 439 g/mol. The van der Waals surface area contributed by atoms with Gasteiger partial charge in [-0.05, 0) is 63.0 Å². The molecule has 170 valence electrons. The fourth-order valence-corrected chi connectivity index (χ4v) is 2.88. The van der Waals surface area contributed by atoms with Gasteiger partial charge in [-0.1, -0.05) is 29.3 Å². The van der Waals surface area contributed by atoms with Crippen molar-refractivity contribution < 1.29 is 14.3 Å². The zero-order chi connectivity index (χ0) is 23.2. The normalized spacial score (nSPS) is 12.0. The maximum atomic E-state index is 12.8. The number of nitrogens with one attached hydrogen (secondary N) is 4. The molecule has 1 aromatic carbocycles. The van der Waals surface area contributed by atoms with Gasteiger partial charge in [0, 0.05) is 25.7 Å². The largest absolute Gasteiger partial charge is 0.466 e. The number of amides is 1. The van der Waals surface area contributed by atoms with E-state index < -0.39 is 0 Å². The Balaban J connectivity index is 2.61. The van der Waals surface area contributed by atoms with E-state index in [-0.39, 0.29) is 11.9 Å². The van der Waals surface area contributed by atoms with Crippen molar-refractivity contribution in [1.82, 2.24) is 16.0 Å². The van der Waals surface area contributed by atoms with E-state index >= 15 is 0 Å². The molecule has 0 fully saturated rings. The second-order valence-corrected chi connectivity index (χ2v) is 7.46. The molecule has 0 aromatic heterocycles. The zero-order valence-electron chi connectivity index (χ0n) is 18.1. The van der Waals surface area contributed by atoms with Gasteiger partial charge in [-0.3, -0.25) is 9.59 Å². The predicted molar refractivity (Wildman–Crippen MR) is 125 cm³/mol. The predicted octanol–water partition coefficient (Wildman–Crippen LogP) is 4.31. The van der Waals surface area contributed by atoms with Crippen LogP contribution in [0.3, 0.4) is 0 Å². The molecule has 1 amide bonds. The van der Waals surface area contributed by atoms with Crippen LogP contribution in [0.2, 0.25) is 10.0 Å². The number of hydrogen-bond acceptors (Lipinski definition) is 6. The molecule has 9 heteroatoms. The van der Waals surface area contributed by atoms with Crippen molar-refractivity contribution in [3.8, 4) is 0 Å². The number of carbonyl (C=O) groups excluding carboxylic acids is 2. The minimum absolute atomic E-state index is 0.225. The van der Waals surface area contributed by atoms with Crippen LogP contribution in [0.4, 0.5) is 0 Å². The molecule has 7 nitrogen and oxygen atoms in total. The molecule has 0 bridgehead atoms. The molecule has 0 spiro atoms. The first-order chi connectivity index (χ1) is 14.8. The van der Waals surface area contributed by atoms with Crippen LogP contribution in [0.5, 0.6) is 0 Å². The van der Waals surface area contributed by atoms with Crippen molar-refractivity contribution >= 4 is 41.3 Å². The Morgan fingerprint density at radius 3 is 2.52 bits per heavy atom. The van der Waals surface area contributed by atoms with Gasteiger partial charge in [-0.15, -0.1) is 0 Å². The first-order valence-corrected chi connectivity index (χ1v) is 10.8. The highest BCUT2D eigenvalue weighted by Gasteiger charge is 2.13. The summed E-state index contributed by atoms with van der Waals surface area (Å²) in [6.45, 7) is 6.57. The van der Waals surface area contributed by atoms with E-state index in [2.05, 4.69) is 16.0 Å². The van der Waals surface area contributed by atoms with Crippen LogP contribution in [0.25, 0.3) is 0 Å². The second kappa shape index (κ2) is 14.5. The fraction of sp³-hybridized carbons (Fsp3) is 0.409. The van der Waals surface area contributed by atoms with Gasteiger partial charge in [-0.25, -0.2) is 0 Å². The molecule has 0 aliphatic heterocycles. The first-order valence-electron chi connectivity index (χ1n) is 10.1. The van der Waals surface area contributed by atoms with Gasteiger partial charge in [0.15, 0.2) is 0 Å². The summed E-state index contributed by atoms with van der Waals surface area (Å²) in [6.07, 6.45) is 4.54. The molecule has 0 unspecified atom stereocenters. The van der Waals surface area contributed by atoms with E-state index in [1.807, 2.05) is 6.07 Å². The Hall–Kier alpha value is -2.51. The Bertz CT molecular complexity index is 838. The maximum absolute atomic E-state index is 12.8. The summed E-state index contributed by atoms with van der Waals surface area (Å²) < 4.78 is 4.90. The number of ether oxygens (including phenoxy) is 1. The van der Waals surface area contributed by atoms with Crippen LogP contribution >= 0.6 is 23.2 Å². The van der Waals surface area contributed by atoms with Crippen molar-refractivity contribution in [1.29, 1.82) is 5.41 Å². The molecule has 0 aliphatic rings. The number of rotatable bonds is 13. The van der Waals surface area contributed by atoms with E-state index in [1.54, 1.807) is 39.0 Å². The number of allylic oxidation sites excluding steroid dienone is 2. The number of esters is 1. The summed E-state index contributed by atoms with van der Waals surface area (Å²) in [4.78, 5) is 24.1. The smallest absolute Gasteiger partial charge is 0.305 e. The lowest BCUT2D eigenvalue weighted by Crippen LogP contribution is -2.37. The minimum atomic E-state index is -0.360. The molecular formula is C22H30Cl2N4O3. The molecule has 0 heterocycles. The summed E-state index contributed by atoms with van der Waals surface area (Å²) in [5, 5.41) is 17.5. The third-order valence-electron chi connectivity index (χ3n) is 4.26. The van der Waals surface area contributed by atoms with Crippen molar-refractivity contribution in [2.45, 2.75) is 46.6 Å². The SMILES string of the molecule is CC=C(NCc1ccc(Cl)c(Cl)c1)NC(=O)/C(NCCCCC(=O)OCC)=C(\C)C=N. The average Bonchev–Trinajstić information content (AvgIpc) is 2.75. The summed E-state index contributed by atoms with van der Waals surface area (Å²) in [5.74, 6) is -0.0611. The monoisotopic (exact) mass is 468 g/mol. The lowest BCUT2D eigenvalue weighted by molar-refractivity contribution is -0.143. The van der Waals surface area contributed by atoms with Gasteiger partial charge in [0.1, 0.15) is 11.5 Å². The summed E-state index contributed by atoms with van der Waals surface area (Å²) in [6, 6.07) is 5.32. The summed E-state index contributed by atoms with van der Waals surface area (Å²) in [5.41, 5.74) is 1.72. The van der Waals surface area contributed by atoms with Crippen molar-refractivity contribution in [3.05, 3.63) is 57.0 Å². The number of unbranched alkanes of at least 4 members (excludes halogenated alkanes) is 1. The lowest BCUT2D eigenvalue weighted by atomic mass is 10.2. The van der Waals surface area contributed by atoms with Crippen LogP contribution in [0.15, 0.2) is 41.4 Å². The van der Waals surface area contributed by atoms with Gasteiger partial charge < -0.3 is 26.1 Å². The molecule has 0 radical (unpaired) electrons. The fourth-order valence-electron chi connectivity index (χ4n) is 2.56. The Morgan fingerprint density at radius 1 is 1.16 bits per heavy atom. The average molecular weight is 469 g/mol. The maximum Gasteiger partial charge on any atom is 0.305 e.